The lowest BCUT2D eigenvalue weighted by molar-refractivity contribution is 0.0527. The van der Waals surface area contributed by atoms with Crippen LogP contribution in [0.1, 0.15) is 43.6 Å². The predicted molar refractivity (Wildman–Crippen MR) is 116 cm³/mol. The lowest BCUT2D eigenvalue weighted by Gasteiger charge is -2.13. The average Bonchev–Trinajstić information content (AvgIpc) is 2.76. The van der Waals surface area contributed by atoms with Gasteiger partial charge in [-0.2, -0.15) is 0 Å². The van der Waals surface area contributed by atoms with Crippen LogP contribution < -0.4 is 10.6 Å². The highest BCUT2D eigenvalue weighted by molar-refractivity contribution is 6.09. The van der Waals surface area contributed by atoms with Crippen molar-refractivity contribution >= 4 is 29.2 Å². The molecule has 0 aliphatic rings. The predicted octanol–water partition coefficient (Wildman–Crippen LogP) is 4.68. The van der Waals surface area contributed by atoms with Crippen LogP contribution in [0.4, 0.5) is 11.4 Å². The summed E-state index contributed by atoms with van der Waals surface area (Å²) in [6, 6.07) is 20.5. The maximum atomic E-state index is 12.8. The Bertz CT molecular complexity index is 1080. The van der Waals surface area contributed by atoms with Crippen LogP contribution in [0.3, 0.4) is 0 Å². The highest BCUT2D eigenvalue weighted by Crippen LogP contribution is 2.21. The number of anilines is 2. The van der Waals surface area contributed by atoms with Gasteiger partial charge in [-0.15, -0.1) is 0 Å². The largest absolute Gasteiger partial charge is 0.462 e. The first kappa shape index (κ1) is 20.8. The monoisotopic (exact) mass is 402 g/mol. The summed E-state index contributed by atoms with van der Waals surface area (Å²) in [6.07, 6.45) is 0. The number of amides is 2. The van der Waals surface area contributed by atoms with Gasteiger partial charge in [0.05, 0.1) is 17.9 Å². The van der Waals surface area contributed by atoms with Gasteiger partial charge in [-0.1, -0.05) is 36.4 Å². The molecule has 6 nitrogen and oxygen atoms in total. The first-order valence-corrected chi connectivity index (χ1v) is 9.54. The van der Waals surface area contributed by atoms with E-state index in [0.717, 1.165) is 5.56 Å². The van der Waals surface area contributed by atoms with Crippen LogP contribution >= 0.6 is 0 Å². The summed E-state index contributed by atoms with van der Waals surface area (Å²) in [5, 5.41) is 5.58. The third kappa shape index (κ3) is 4.91. The van der Waals surface area contributed by atoms with Crippen molar-refractivity contribution in [3.05, 3.63) is 95.1 Å². The molecule has 0 radical (unpaired) electrons. The lowest BCUT2D eigenvalue weighted by atomic mass is 10.1. The summed E-state index contributed by atoms with van der Waals surface area (Å²) in [7, 11) is 0. The number of carbonyl (C=O) groups is 3. The van der Waals surface area contributed by atoms with E-state index in [1.54, 1.807) is 73.7 Å². The first-order chi connectivity index (χ1) is 14.5. The quantitative estimate of drug-likeness (QED) is 0.587. The van der Waals surface area contributed by atoms with Gasteiger partial charge < -0.3 is 15.4 Å². The molecule has 152 valence electrons. The van der Waals surface area contributed by atoms with Crippen molar-refractivity contribution < 1.29 is 19.1 Å². The fourth-order valence-electron chi connectivity index (χ4n) is 2.86. The van der Waals surface area contributed by atoms with Gasteiger partial charge in [-0.05, 0) is 55.8 Å². The van der Waals surface area contributed by atoms with Gasteiger partial charge in [0.25, 0.3) is 11.8 Å². The van der Waals surface area contributed by atoms with Gasteiger partial charge in [-0.25, -0.2) is 4.79 Å². The molecule has 6 heteroatoms. The molecule has 30 heavy (non-hydrogen) atoms. The van der Waals surface area contributed by atoms with E-state index in [2.05, 4.69) is 10.6 Å². The zero-order valence-electron chi connectivity index (χ0n) is 16.8. The minimum absolute atomic E-state index is 0.240. The molecule has 2 N–H and O–H groups in total. The second kappa shape index (κ2) is 9.52. The number of esters is 1. The fourth-order valence-corrected chi connectivity index (χ4v) is 2.86. The van der Waals surface area contributed by atoms with Crippen molar-refractivity contribution in [1.29, 1.82) is 0 Å². The molecule has 3 aromatic carbocycles. The molecule has 0 saturated heterocycles. The number of aryl methyl sites for hydroxylation is 1. The van der Waals surface area contributed by atoms with Crippen LogP contribution in [0.2, 0.25) is 0 Å². The SMILES string of the molecule is CCOC(=O)c1ccccc1NC(=O)c1ccc(C)c(NC(=O)c2ccccc2)c1. The number of nitrogens with one attached hydrogen (secondary N) is 2. The zero-order chi connectivity index (χ0) is 21.5. The number of rotatable bonds is 6. The van der Waals surface area contributed by atoms with Gasteiger partial charge in [-0.3, -0.25) is 9.59 Å². The van der Waals surface area contributed by atoms with E-state index in [-0.39, 0.29) is 18.1 Å². The molecule has 0 bridgehead atoms. The molecular formula is C24H22N2O4. The van der Waals surface area contributed by atoms with E-state index in [1.807, 2.05) is 13.0 Å². The van der Waals surface area contributed by atoms with E-state index in [9.17, 15) is 14.4 Å². The molecule has 0 fully saturated rings. The second-order valence-electron chi connectivity index (χ2n) is 6.57. The van der Waals surface area contributed by atoms with Gasteiger partial charge in [0.15, 0.2) is 0 Å². The highest BCUT2D eigenvalue weighted by Gasteiger charge is 2.16. The van der Waals surface area contributed by atoms with Crippen molar-refractivity contribution in [2.45, 2.75) is 13.8 Å². The molecule has 3 rings (SSSR count). The Balaban J connectivity index is 1.80. The summed E-state index contributed by atoms with van der Waals surface area (Å²) in [6.45, 7) is 3.80. The molecule has 0 spiro atoms. The molecule has 0 aliphatic carbocycles. The fraction of sp³-hybridized carbons (Fsp3) is 0.125. The number of benzene rings is 3. The summed E-state index contributed by atoms with van der Waals surface area (Å²) in [4.78, 5) is 37.4. The Kier molecular flexibility index (Phi) is 6.60. The van der Waals surface area contributed by atoms with Gasteiger partial charge in [0, 0.05) is 16.8 Å². The van der Waals surface area contributed by atoms with Crippen LogP contribution in [0.5, 0.6) is 0 Å². The lowest BCUT2D eigenvalue weighted by Crippen LogP contribution is -2.17. The molecule has 0 aliphatic heterocycles. The van der Waals surface area contributed by atoms with Crippen LogP contribution in [0.15, 0.2) is 72.8 Å². The van der Waals surface area contributed by atoms with Crippen molar-refractivity contribution in [3.63, 3.8) is 0 Å². The zero-order valence-corrected chi connectivity index (χ0v) is 16.8. The summed E-state index contributed by atoms with van der Waals surface area (Å²) in [5.74, 6) is -1.17. The Morgan fingerprint density at radius 3 is 2.13 bits per heavy atom. The van der Waals surface area contributed by atoms with Crippen LogP contribution in [-0.4, -0.2) is 24.4 Å². The number of para-hydroxylation sites is 1. The first-order valence-electron chi connectivity index (χ1n) is 9.54. The Hall–Kier alpha value is -3.93. The van der Waals surface area contributed by atoms with Crippen LogP contribution in [0.25, 0.3) is 0 Å². The molecule has 0 heterocycles. The number of ether oxygens (including phenoxy) is 1. The maximum Gasteiger partial charge on any atom is 0.340 e. The minimum atomic E-state index is -0.506. The number of carbonyl (C=O) groups excluding carboxylic acids is 3. The molecule has 0 aromatic heterocycles. The Morgan fingerprint density at radius 2 is 1.40 bits per heavy atom. The third-order valence-corrected chi connectivity index (χ3v) is 4.45. The summed E-state index contributed by atoms with van der Waals surface area (Å²) >= 11 is 0. The van der Waals surface area contributed by atoms with E-state index in [1.165, 1.54) is 0 Å². The van der Waals surface area contributed by atoms with E-state index < -0.39 is 11.9 Å². The molecule has 0 saturated carbocycles. The Morgan fingerprint density at radius 1 is 0.767 bits per heavy atom. The van der Waals surface area contributed by atoms with Crippen molar-refractivity contribution in [3.8, 4) is 0 Å². The maximum absolute atomic E-state index is 12.8. The molecule has 3 aromatic rings. The summed E-state index contributed by atoms with van der Waals surface area (Å²) < 4.78 is 5.04. The van der Waals surface area contributed by atoms with Crippen molar-refractivity contribution in [2.24, 2.45) is 0 Å². The second-order valence-corrected chi connectivity index (χ2v) is 6.57. The van der Waals surface area contributed by atoms with E-state index >= 15 is 0 Å². The molecular weight excluding hydrogens is 380 g/mol. The highest BCUT2D eigenvalue weighted by atomic mass is 16.5. The smallest absolute Gasteiger partial charge is 0.340 e. The number of hydrogen-bond donors (Lipinski definition) is 2. The average molecular weight is 402 g/mol. The molecule has 0 atom stereocenters. The molecule has 2 amide bonds. The minimum Gasteiger partial charge on any atom is -0.462 e. The standard InChI is InChI=1S/C24H22N2O4/c1-3-30-24(29)19-11-7-8-12-20(19)25-23(28)18-14-13-16(2)21(15-18)26-22(27)17-9-5-4-6-10-17/h4-15H,3H2,1-2H3,(H,25,28)(H,26,27). The van der Waals surface area contributed by atoms with Crippen LogP contribution in [0, 0.1) is 6.92 Å². The van der Waals surface area contributed by atoms with Gasteiger partial charge in [0.2, 0.25) is 0 Å². The van der Waals surface area contributed by atoms with Crippen molar-refractivity contribution in [2.75, 3.05) is 17.2 Å². The number of hydrogen-bond acceptors (Lipinski definition) is 4. The van der Waals surface area contributed by atoms with Crippen molar-refractivity contribution in [1.82, 2.24) is 0 Å². The van der Waals surface area contributed by atoms with Gasteiger partial charge >= 0.3 is 5.97 Å². The molecule has 0 unspecified atom stereocenters. The van der Waals surface area contributed by atoms with Gasteiger partial charge in [0.1, 0.15) is 0 Å². The Labute approximate surface area is 174 Å². The normalized spacial score (nSPS) is 10.2. The summed E-state index contributed by atoms with van der Waals surface area (Å²) in [5.41, 5.74) is 2.87. The van der Waals surface area contributed by atoms with E-state index in [0.29, 0.717) is 22.5 Å². The third-order valence-electron chi connectivity index (χ3n) is 4.45. The van der Waals surface area contributed by atoms with Crippen LogP contribution in [-0.2, 0) is 4.74 Å². The topological polar surface area (TPSA) is 84.5 Å². The van der Waals surface area contributed by atoms with E-state index in [4.69, 9.17) is 4.74 Å².